The van der Waals surface area contributed by atoms with Gasteiger partial charge in [-0.05, 0) is 62.1 Å². The summed E-state index contributed by atoms with van der Waals surface area (Å²) < 4.78 is 40.1. The van der Waals surface area contributed by atoms with Crippen molar-refractivity contribution in [2.75, 3.05) is 16.2 Å². The predicted molar refractivity (Wildman–Crippen MR) is 96.7 cm³/mol. The van der Waals surface area contributed by atoms with Gasteiger partial charge in [-0.2, -0.15) is 0 Å². The lowest BCUT2D eigenvalue weighted by Gasteiger charge is -2.36. The second-order valence-corrected chi connectivity index (χ2v) is 7.90. The molecular formula is C18H22FN3O2S. The molecule has 25 heavy (non-hydrogen) atoms. The highest BCUT2D eigenvalue weighted by atomic mass is 32.2. The quantitative estimate of drug-likeness (QED) is 0.878. The van der Waals surface area contributed by atoms with Crippen LogP contribution < -0.4 is 9.62 Å². The molecule has 1 aromatic carbocycles. The van der Waals surface area contributed by atoms with E-state index < -0.39 is 15.8 Å². The van der Waals surface area contributed by atoms with Crippen molar-refractivity contribution in [3.05, 3.63) is 48.4 Å². The SMILES string of the molecule is CCC1CCCCN1c1ccc(NS(=O)(=O)c2ccc(F)cc2)cn1. The molecule has 1 N–H and O–H groups in total. The summed E-state index contributed by atoms with van der Waals surface area (Å²) >= 11 is 0. The lowest BCUT2D eigenvalue weighted by molar-refractivity contribution is 0.447. The number of benzene rings is 1. The first-order valence-electron chi connectivity index (χ1n) is 8.50. The third-order valence-electron chi connectivity index (χ3n) is 4.52. The van der Waals surface area contributed by atoms with Gasteiger partial charge in [-0.1, -0.05) is 6.92 Å². The lowest BCUT2D eigenvalue weighted by atomic mass is 10.00. The fourth-order valence-corrected chi connectivity index (χ4v) is 4.21. The second-order valence-electron chi connectivity index (χ2n) is 6.22. The number of hydrogen-bond acceptors (Lipinski definition) is 4. The summed E-state index contributed by atoms with van der Waals surface area (Å²) in [6.45, 7) is 3.15. The monoisotopic (exact) mass is 363 g/mol. The Balaban J connectivity index is 1.75. The van der Waals surface area contributed by atoms with Crippen molar-refractivity contribution in [2.45, 2.75) is 43.5 Å². The molecule has 0 saturated carbocycles. The maximum absolute atomic E-state index is 13.0. The average Bonchev–Trinajstić information content (AvgIpc) is 2.62. The number of piperidine rings is 1. The van der Waals surface area contributed by atoms with E-state index in [1.807, 2.05) is 6.07 Å². The van der Waals surface area contributed by atoms with Gasteiger partial charge >= 0.3 is 0 Å². The van der Waals surface area contributed by atoms with E-state index in [2.05, 4.69) is 21.5 Å². The number of hydrogen-bond donors (Lipinski definition) is 1. The Morgan fingerprint density at radius 2 is 1.96 bits per heavy atom. The lowest BCUT2D eigenvalue weighted by Crippen LogP contribution is -2.39. The molecule has 1 aromatic heterocycles. The van der Waals surface area contributed by atoms with Crippen LogP contribution in [0.1, 0.15) is 32.6 Å². The minimum atomic E-state index is -3.75. The Labute approximate surface area is 147 Å². The molecule has 2 heterocycles. The first-order valence-corrected chi connectivity index (χ1v) is 9.99. The smallest absolute Gasteiger partial charge is 0.261 e. The number of aromatic nitrogens is 1. The molecule has 0 aliphatic carbocycles. The van der Waals surface area contributed by atoms with Crippen LogP contribution in [0.3, 0.4) is 0 Å². The zero-order chi connectivity index (χ0) is 17.9. The van der Waals surface area contributed by atoms with Gasteiger partial charge in [0.15, 0.2) is 0 Å². The number of nitrogens with zero attached hydrogens (tertiary/aromatic N) is 2. The topological polar surface area (TPSA) is 62.3 Å². The molecule has 1 aliphatic rings. The minimum Gasteiger partial charge on any atom is -0.354 e. The van der Waals surface area contributed by atoms with Gasteiger partial charge in [0.2, 0.25) is 0 Å². The van der Waals surface area contributed by atoms with Crippen LogP contribution in [-0.2, 0) is 10.0 Å². The van der Waals surface area contributed by atoms with E-state index in [1.54, 1.807) is 6.07 Å². The summed E-state index contributed by atoms with van der Waals surface area (Å²) in [6.07, 6.45) is 6.15. The standard InChI is InChI=1S/C18H22FN3O2S/c1-2-16-5-3-4-12-22(16)18-11-8-15(13-20-18)21-25(23,24)17-9-6-14(19)7-10-17/h6-11,13,16,21H,2-5,12H2,1H3. The fourth-order valence-electron chi connectivity index (χ4n) is 3.17. The van der Waals surface area contributed by atoms with Crippen LogP contribution >= 0.6 is 0 Å². The van der Waals surface area contributed by atoms with Crippen molar-refractivity contribution in [3.63, 3.8) is 0 Å². The summed E-state index contributed by atoms with van der Waals surface area (Å²) in [5.74, 6) is 0.397. The molecule has 0 bridgehead atoms. The van der Waals surface area contributed by atoms with Crippen LogP contribution in [-0.4, -0.2) is 26.0 Å². The normalized spacial score (nSPS) is 18.2. The minimum absolute atomic E-state index is 0.0139. The number of nitrogens with one attached hydrogen (secondary N) is 1. The summed E-state index contributed by atoms with van der Waals surface area (Å²) in [5.41, 5.74) is 0.387. The number of anilines is 2. The van der Waals surface area contributed by atoms with Gasteiger partial charge in [-0.25, -0.2) is 17.8 Å². The number of pyridine rings is 1. The third kappa shape index (κ3) is 4.10. The molecule has 1 atom stereocenters. The van der Waals surface area contributed by atoms with Crippen LogP contribution in [0.15, 0.2) is 47.5 Å². The number of sulfonamides is 1. The zero-order valence-corrected chi connectivity index (χ0v) is 15.0. The van der Waals surface area contributed by atoms with Gasteiger partial charge in [-0.15, -0.1) is 0 Å². The molecule has 134 valence electrons. The maximum Gasteiger partial charge on any atom is 0.261 e. The molecule has 2 aromatic rings. The van der Waals surface area contributed by atoms with Crippen molar-refractivity contribution in [1.82, 2.24) is 4.98 Å². The van der Waals surface area contributed by atoms with E-state index in [9.17, 15) is 12.8 Å². The highest BCUT2D eigenvalue weighted by Gasteiger charge is 2.22. The summed E-state index contributed by atoms with van der Waals surface area (Å²) in [4.78, 5) is 6.74. The molecule has 1 aliphatic heterocycles. The summed E-state index contributed by atoms with van der Waals surface area (Å²) in [6, 6.07) is 8.76. The second kappa shape index (κ2) is 7.39. The number of rotatable bonds is 5. The summed E-state index contributed by atoms with van der Waals surface area (Å²) in [7, 11) is -3.75. The first kappa shape index (κ1) is 17.7. The molecular weight excluding hydrogens is 341 g/mol. The molecule has 3 rings (SSSR count). The van der Waals surface area contributed by atoms with Crippen molar-refractivity contribution >= 4 is 21.5 Å². The van der Waals surface area contributed by atoms with Gasteiger partial charge in [0.25, 0.3) is 10.0 Å². The Kier molecular flexibility index (Phi) is 5.22. The van der Waals surface area contributed by atoms with Crippen molar-refractivity contribution < 1.29 is 12.8 Å². The Morgan fingerprint density at radius 3 is 2.60 bits per heavy atom. The van der Waals surface area contributed by atoms with Gasteiger partial charge < -0.3 is 4.90 Å². The molecule has 5 nitrogen and oxygen atoms in total. The van der Waals surface area contributed by atoms with Crippen molar-refractivity contribution in [3.8, 4) is 0 Å². The van der Waals surface area contributed by atoms with E-state index in [0.29, 0.717) is 11.7 Å². The van der Waals surface area contributed by atoms with Gasteiger partial charge in [0.1, 0.15) is 11.6 Å². The predicted octanol–water partition coefficient (Wildman–Crippen LogP) is 3.79. The Bertz CT molecular complexity index is 807. The Hall–Kier alpha value is -2.15. The van der Waals surface area contributed by atoms with Crippen LogP contribution in [0.25, 0.3) is 0 Å². The first-order chi connectivity index (χ1) is 12.0. The van der Waals surface area contributed by atoms with E-state index in [1.165, 1.54) is 24.8 Å². The van der Waals surface area contributed by atoms with Gasteiger partial charge in [0, 0.05) is 12.6 Å². The maximum atomic E-state index is 13.0. The molecule has 1 unspecified atom stereocenters. The Morgan fingerprint density at radius 1 is 1.20 bits per heavy atom. The highest BCUT2D eigenvalue weighted by molar-refractivity contribution is 7.92. The van der Waals surface area contributed by atoms with E-state index in [-0.39, 0.29) is 4.90 Å². The highest BCUT2D eigenvalue weighted by Crippen LogP contribution is 2.26. The van der Waals surface area contributed by atoms with Gasteiger partial charge in [0.05, 0.1) is 16.8 Å². The van der Waals surface area contributed by atoms with Crippen LogP contribution in [0, 0.1) is 5.82 Å². The average molecular weight is 363 g/mol. The molecule has 1 saturated heterocycles. The molecule has 7 heteroatoms. The summed E-state index contributed by atoms with van der Waals surface area (Å²) in [5, 5.41) is 0. The molecule has 0 spiro atoms. The van der Waals surface area contributed by atoms with Gasteiger partial charge in [-0.3, -0.25) is 4.72 Å². The largest absolute Gasteiger partial charge is 0.354 e. The molecule has 0 radical (unpaired) electrons. The van der Waals surface area contributed by atoms with E-state index in [4.69, 9.17) is 0 Å². The molecule has 0 amide bonds. The third-order valence-corrected chi connectivity index (χ3v) is 5.91. The van der Waals surface area contributed by atoms with Crippen molar-refractivity contribution in [1.29, 1.82) is 0 Å². The van der Waals surface area contributed by atoms with Crippen LogP contribution in [0.4, 0.5) is 15.9 Å². The molecule has 1 fully saturated rings. The van der Waals surface area contributed by atoms with E-state index in [0.717, 1.165) is 43.8 Å². The zero-order valence-electron chi connectivity index (χ0n) is 14.2. The number of halogens is 1. The van der Waals surface area contributed by atoms with Crippen LogP contribution in [0.2, 0.25) is 0 Å². The van der Waals surface area contributed by atoms with Crippen molar-refractivity contribution in [2.24, 2.45) is 0 Å². The van der Waals surface area contributed by atoms with E-state index >= 15 is 0 Å². The fraction of sp³-hybridized carbons (Fsp3) is 0.389. The van der Waals surface area contributed by atoms with Crippen LogP contribution in [0.5, 0.6) is 0 Å².